The number of hydrogen-bond acceptors (Lipinski definition) is 8. The molecule has 0 fully saturated rings. The first-order chi connectivity index (χ1) is 16.0. The molecule has 8 nitrogen and oxygen atoms in total. The number of rotatable bonds is 5. The first-order valence-electron chi connectivity index (χ1n) is 10.2. The summed E-state index contributed by atoms with van der Waals surface area (Å²) in [5, 5.41) is 8.37. The minimum atomic E-state index is -0.171. The van der Waals surface area contributed by atoms with E-state index in [1.807, 2.05) is 43.3 Å². The quantitative estimate of drug-likeness (QED) is 0.445. The fraction of sp³-hybridized carbons (Fsp3) is 0.261. The molecule has 1 atom stereocenters. The van der Waals surface area contributed by atoms with Crippen molar-refractivity contribution in [3.05, 3.63) is 53.2 Å². The average Bonchev–Trinajstić information content (AvgIpc) is 3.34. The molecule has 2 aromatic carbocycles. The standard InChI is InChI=1S/C23H22N4O4S2/c1-12-19-21(13-9-15(29-2)20(31-4)16(10-13)30-3)32-11-18(28)25-22(19)27(26-12)23-24-14-7-5-6-8-17(14)33-23/h5-10,21H,11H2,1-4H3,(H,25,28). The van der Waals surface area contributed by atoms with E-state index in [1.54, 1.807) is 26.0 Å². The van der Waals surface area contributed by atoms with Gasteiger partial charge < -0.3 is 19.5 Å². The van der Waals surface area contributed by atoms with Crippen molar-refractivity contribution in [1.82, 2.24) is 14.8 Å². The molecule has 0 saturated heterocycles. The molecule has 2 aromatic heterocycles. The molecule has 4 aromatic rings. The van der Waals surface area contributed by atoms with Crippen molar-refractivity contribution in [1.29, 1.82) is 0 Å². The first-order valence-corrected chi connectivity index (χ1v) is 12.1. The Morgan fingerprint density at radius 3 is 2.48 bits per heavy atom. The third kappa shape index (κ3) is 3.68. The number of methoxy groups -OCH3 is 3. The number of para-hydroxylation sites is 1. The van der Waals surface area contributed by atoms with Gasteiger partial charge in [0.1, 0.15) is 5.82 Å². The highest BCUT2D eigenvalue weighted by Gasteiger charge is 2.32. The number of thioether (sulfide) groups is 1. The summed E-state index contributed by atoms with van der Waals surface area (Å²) in [6.07, 6.45) is 0. The zero-order valence-corrected chi connectivity index (χ0v) is 20.2. The number of carbonyl (C=O) groups excluding carboxylic acids is 1. The molecular formula is C23H22N4O4S2. The lowest BCUT2D eigenvalue weighted by atomic mass is 10.0. The van der Waals surface area contributed by atoms with Crippen molar-refractivity contribution in [2.75, 3.05) is 32.4 Å². The topological polar surface area (TPSA) is 87.5 Å². The van der Waals surface area contributed by atoms with Gasteiger partial charge in [0.25, 0.3) is 0 Å². The highest BCUT2D eigenvalue weighted by atomic mass is 32.2. The van der Waals surface area contributed by atoms with Gasteiger partial charge in [0.05, 0.1) is 48.2 Å². The van der Waals surface area contributed by atoms with Crippen LogP contribution in [-0.2, 0) is 4.79 Å². The molecule has 0 saturated carbocycles. The highest BCUT2D eigenvalue weighted by molar-refractivity contribution is 8.00. The number of ether oxygens (including phenoxy) is 3. The number of aromatic nitrogens is 3. The van der Waals surface area contributed by atoms with E-state index in [1.165, 1.54) is 23.1 Å². The average molecular weight is 483 g/mol. The summed E-state index contributed by atoms with van der Waals surface area (Å²) >= 11 is 3.07. The second-order valence-electron chi connectivity index (χ2n) is 7.42. The molecule has 3 heterocycles. The minimum absolute atomic E-state index is 0.0848. The maximum absolute atomic E-state index is 12.7. The van der Waals surface area contributed by atoms with Crippen LogP contribution in [0.3, 0.4) is 0 Å². The Bertz CT molecular complexity index is 1310. The summed E-state index contributed by atoms with van der Waals surface area (Å²) in [6.45, 7) is 1.95. The summed E-state index contributed by atoms with van der Waals surface area (Å²) in [6, 6.07) is 11.8. The Hall–Kier alpha value is -3.24. The summed E-state index contributed by atoms with van der Waals surface area (Å²) in [7, 11) is 4.76. The molecule has 1 amide bonds. The largest absolute Gasteiger partial charge is 0.493 e. The van der Waals surface area contributed by atoms with E-state index in [9.17, 15) is 4.79 Å². The first kappa shape index (κ1) is 21.6. The van der Waals surface area contributed by atoms with Crippen LogP contribution in [0.25, 0.3) is 15.3 Å². The van der Waals surface area contributed by atoms with Crippen LogP contribution in [0.4, 0.5) is 5.82 Å². The number of anilines is 1. The number of thiazole rings is 1. The molecule has 33 heavy (non-hydrogen) atoms. The maximum atomic E-state index is 12.7. The van der Waals surface area contributed by atoms with E-state index < -0.39 is 0 Å². The SMILES string of the molecule is COc1cc(C2SCC(=O)Nc3c2c(C)nn3-c2nc3ccccc3s2)cc(OC)c1OC. The van der Waals surface area contributed by atoms with Crippen molar-refractivity contribution in [2.24, 2.45) is 0 Å². The van der Waals surface area contributed by atoms with Crippen LogP contribution in [0.1, 0.15) is 22.1 Å². The lowest BCUT2D eigenvalue weighted by molar-refractivity contribution is -0.113. The third-order valence-electron chi connectivity index (χ3n) is 5.46. The zero-order valence-electron chi connectivity index (χ0n) is 18.5. The second kappa shape index (κ2) is 8.60. The number of benzene rings is 2. The Kier molecular flexibility index (Phi) is 5.63. The van der Waals surface area contributed by atoms with Crippen LogP contribution < -0.4 is 19.5 Å². The molecule has 0 radical (unpaired) electrons. The fourth-order valence-electron chi connectivity index (χ4n) is 3.99. The van der Waals surface area contributed by atoms with Gasteiger partial charge in [-0.3, -0.25) is 4.79 Å². The summed E-state index contributed by atoms with van der Waals surface area (Å²) in [5.41, 5.74) is 3.58. The number of hydrogen-bond donors (Lipinski definition) is 1. The van der Waals surface area contributed by atoms with Gasteiger partial charge in [0.2, 0.25) is 16.8 Å². The summed E-state index contributed by atoms with van der Waals surface area (Å²) in [4.78, 5) is 17.4. The molecule has 1 unspecified atom stereocenters. The maximum Gasteiger partial charge on any atom is 0.235 e. The predicted octanol–water partition coefficient (Wildman–Crippen LogP) is 4.59. The van der Waals surface area contributed by atoms with Crippen LogP contribution in [0.15, 0.2) is 36.4 Å². The molecule has 0 bridgehead atoms. The molecule has 1 aliphatic heterocycles. The highest BCUT2D eigenvalue weighted by Crippen LogP contribution is 2.48. The van der Waals surface area contributed by atoms with Gasteiger partial charge in [-0.1, -0.05) is 23.5 Å². The normalized spacial score (nSPS) is 15.6. The van der Waals surface area contributed by atoms with Crippen LogP contribution >= 0.6 is 23.1 Å². The Morgan fingerprint density at radius 2 is 1.82 bits per heavy atom. The number of amides is 1. The van der Waals surface area contributed by atoms with Gasteiger partial charge >= 0.3 is 0 Å². The number of aryl methyl sites for hydroxylation is 1. The van der Waals surface area contributed by atoms with Crippen LogP contribution in [0.2, 0.25) is 0 Å². The Labute approximate surface area is 198 Å². The molecule has 0 aliphatic carbocycles. The molecule has 170 valence electrons. The van der Waals surface area contributed by atoms with Gasteiger partial charge in [-0.05, 0) is 36.8 Å². The number of nitrogens with zero attached hydrogens (tertiary/aromatic N) is 3. The van der Waals surface area contributed by atoms with Gasteiger partial charge in [-0.15, -0.1) is 11.8 Å². The van der Waals surface area contributed by atoms with Crippen molar-refractivity contribution < 1.29 is 19.0 Å². The van der Waals surface area contributed by atoms with E-state index in [4.69, 9.17) is 24.3 Å². The number of nitrogens with one attached hydrogen (secondary N) is 1. The van der Waals surface area contributed by atoms with E-state index in [0.29, 0.717) is 34.0 Å². The lowest BCUT2D eigenvalue weighted by Crippen LogP contribution is -2.15. The minimum Gasteiger partial charge on any atom is -0.493 e. The van der Waals surface area contributed by atoms with E-state index in [2.05, 4.69) is 5.32 Å². The van der Waals surface area contributed by atoms with E-state index in [0.717, 1.165) is 27.0 Å². The third-order valence-corrected chi connectivity index (χ3v) is 7.74. The van der Waals surface area contributed by atoms with Gasteiger partial charge in [-0.25, -0.2) is 4.98 Å². The van der Waals surface area contributed by atoms with Crippen LogP contribution in [0, 0.1) is 6.92 Å². The van der Waals surface area contributed by atoms with Gasteiger partial charge in [-0.2, -0.15) is 9.78 Å². The number of fused-ring (bicyclic) bond motifs is 2. The van der Waals surface area contributed by atoms with Crippen molar-refractivity contribution >= 4 is 45.0 Å². The van der Waals surface area contributed by atoms with Crippen LogP contribution in [0.5, 0.6) is 17.2 Å². The monoisotopic (exact) mass is 482 g/mol. The molecular weight excluding hydrogens is 460 g/mol. The Balaban J connectivity index is 1.69. The molecule has 1 N–H and O–H groups in total. The zero-order chi connectivity index (χ0) is 23.1. The second-order valence-corrected chi connectivity index (χ2v) is 9.52. The molecule has 1 aliphatic rings. The van der Waals surface area contributed by atoms with Gasteiger partial charge in [0, 0.05) is 5.56 Å². The van der Waals surface area contributed by atoms with E-state index in [-0.39, 0.29) is 11.2 Å². The van der Waals surface area contributed by atoms with Crippen molar-refractivity contribution in [3.63, 3.8) is 0 Å². The summed E-state index contributed by atoms with van der Waals surface area (Å²) in [5.74, 6) is 2.51. The van der Waals surface area contributed by atoms with Gasteiger partial charge in [0.15, 0.2) is 11.5 Å². The molecule has 10 heteroatoms. The smallest absolute Gasteiger partial charge is 0.235 e. The lowest BCUT2D eigenvalue weighted by Gasteiger charge is -2.19. The van der Waals surface area contributed by atoms with Crippen molar-refractivity contribution in [2.45, 2.75) is 12.2 Å². The summed E-state index contributed by atoms with van der Waals surface area (Å²) < 4.78 is 19.4. The molecule has 5 rings (SSSR count). The molecule has 0 spiro atoms. The fourth-order valence-corrected chi connectivity index (χ4v) is 6.08. The van der Waals surface area contributed by atoms with E-state index >= 15 is 0 Å². The Morgan fingerprint density at radius 1 is 1.09 bits per heavy atom. The van der Waals surface area contributed by atoms with Crippen LogP contribution in [-0.4, -0.2) is 47.8 Å². The van der Waals surface area contributed by atoms with Crippen molar-refractivity contribution in [3.8, 4) is 22.4 Å². The number of carbonyl (C=O) groups is 1. The predicted molar refractivity (Wildman–Crippen MR) is 131 cm³/mol.